The minimum absolute atomic E-state index is 0.0802. The monoisotopic (exact) mass is 333 g/mol. The number of nitrogens with one attached hydrogen (secondary N) is 1. The van der Waals surface area contributed by atoms with Crippen molar-refractivity contribution in [3.8, 4) is 5.75 Å². The van der Waals surface area contributed by atoms with Crippen molar-refractivity contribution in [1.82, 2.24) is 0 Å². The van der Waals surface area contributed by atoms with Crippen LogP contribution in [0.3, 0.4) is 0 Å². The van der Waals surface area contributed by atoms with E-state index in [1.165, 1.54) is 12.1 Å². The Balaban J connectivity index is 1.82. The van der Waals surface area contributed by atoms with Crippen LogP contribution >= 0.6 is 34.8 Å². The fourth-order valence-electron chi connectivity index (χ4n) is 1.55. The van der Waals surface area contributed by atoms with Crippen molar-refractivity contribution < 1.29 is 9.13 Å². The average molecular weight is 335 g/mol. The summed E-state index contributed by atoms with van der Waals surface area (Å²) in [6.45, 7) is 0.928. The van der Waals surface area contributed by atoms with Crippen LogP contribution in [0.25, 0.3) is 0 Å². The molecule has 0 aliphatic rings. The summed E-state index contributed by atoms with van der Waals surface area (Å²) in [7, 11) is 0. The molecular weight excluding hydrogens is 324 g/mol. The Morgan fingerprint density at radius 2 is 1.80 bits per heavy atom. The van der Waals surface area contributed by atoms with Crippen molar-refractivity contribution in [2.75, 3.05) is 18.5 Å². The van der Waals surface area contributed by atoms with Crippen LogP contribution in [-0.2, 0) is 0 Å². The zero-order valence-electron chi connectivity index (χ0n) is 10.3. The molecule has 2 rings (SSSR count). The second-order valence-corrected chi connectivity index (χ2v) is 5.23. The molecule has 0 atom stereocenters. The van der Waals surface area contributed by atoms with Crippen molar-refractivity contribution in [1.29, 1.82) is 0 Å². The molecule has 2 aromatic carbocycles. The Kier molecular flexibility index (Phi) is 5.35. The third-order valence-corrected chi connectivity index (χ3v) is 3.32. The van der Waals surface area contributed by atoms with Crippen LogP contribution in [0, 0.1) is 5.82 Å². The largest absolute Gasteiger partial charge is 0.490 e. The zero-order chi connectivity index (χ0) is 14.5. The number of hydrogen-bond donors (Lipinski definition) is 1. The molecule has 0 aromatic heterocycles. The highest BCUT2D eigenvalue weighted by Crippen LogP contribution is 2.27. The molecule has 0 spiro atoms. The average Bonchev–Trinajstić information content (AvgIpc) is 2.40. The molecule has 0 saturated heterocycles. The number of benzene rings is 2. The molecule has 6 heteroatoms. The first-order valence-electron chi connectivity index (χ1n) is 5.83. The molecular formula is C14H11Cl3FNO. The van der Waals surface area contributed by atoms with E-state index in [0.717, 1.165) is 5.69 Å². The molecule has 0 unspecified atom stereocenters. The van der Waals surface area contributed by atoms with Crippen molar-refractivity contribution in [2.24, 2.45) is 0 Å². The Morgan fingerprint density at radius 3 is 2.50 bits per heavy atom. The van der Waals surface area contributed by atoms with Crippen molar-refractivity contribution in [3.05, 3.63) is 57.3 Å². The second-order valence-electron chi connectivity index (χ2n) is 3.98. The molecule has 2 aromatic rings. The standard InChI is InChI=1S/C14H11Cl3FNO/c15-9-1-4-14(12(17)7-9)20-6-5-19-10-2-3-13(18)11(16)8-10/h1-4,7-8,19H,5-6H2. The van der Waals surface area contributed by atoms with Gasteiger partial charge in [0.25, 0.3) is 0 Å². The number of ether oxygens (including phenoxy) is 1. The first-order valence-corrected chi connectivity index (χ1v) is 6.96. The van der Waals surface area contributed by atoms with E-state index in [1.54, 1.807) is 24.3 Å². The van der Waals surface area contributed by atoms with Crippen molar-refractivity contribution in [3.63, 3.8) is 0 Å². The predicted octanol–water partition coefficient (Wildman–Crippen LogP) is 5.28. The highest BCUT2D eigenvalue weighted by molar-refractivity contribution is 6.35. The molecule has 0 radical (unpaired) electrons. The number of hydrogen-bond acceptors (Lipinski definition) is 2. The second kappa shape index (κ2) is 7.02. The minimum atomic E-state index is -0.443. The van der Waals surface area contributed by atoms with E-state index in [-0.39, 0.29) is 5.02 Å². The van der Waals surface area contributed by atoms with Gasteiger partial charge in [-0.15, -0.1) is 0 Å². The Labute approximate surface area is 131 Å². The van der Waals surface area contributed by atoms with Crippen LogP contribution in [0.2, 0.25) is 15.1 Å². The van der Waals surface area contributed by atoms with Gasteiger partial charge >= 0.3 is 0 Å². The molecule has 0 saturated carbocycles. The summed E-state index contributed by atoms with van der Waals surface area (Å²) in [4.78, 5) is 0. The Hall–Kier alpha value is -1.16. The maximum Gasteiger partial charge on any atom is 0.141 e. The highest BCUT2D eigenvalue weighted by atomic mass is 35.5. The lowest BCUT2D eigenvalue weighted by Crippen LogP contribution is -2.11. The smallest absolute Gasteiger partial charge is 0.141 e. The van der Waals surface area contributed by atoms with Crippen LogP contribution in [0.1, 0.15) is 0 Å². The van der Waals surface area contributed by atoms with Gasteiger partial charge < -0.3 is 10.1 Å². The topological polar surface area (TPSA) is 21.3 Å². The van der Waals surface area contributed by atoms with Crippen LogP contribution < -0.4 is 10.1 Å². The zero-order valence-corrected chi connectivity index (χ0v) is 12.6. The van der Waals surface area contributed by atoms with Crippen LogP contribution in [0.15, 0.2) is 36.4 Å². The molecule has 0 aliphatic heterocycles. The lowest BCUT2D eigenvalue weighted by atomic mass is 10.3. The van der Waals surface area contributed by atoms with Gasteiger partial charge in [0.1, 0.15) is 18.2 Å². The third kappa shape index (κ3) is 4.17. The SMILES string of the molecule is Fc1ccc(NCCOc2ccc(Cl)cc2Cl)cc1Cl. The molecule has 0 heterocycles. The van der Waals surface area contributed by atoms with Gasteiger partial charge in [-0.3, -0.25) is 0 Å². The molecule has 0 aliphatic carbocycles. The highest BCUT2D eigenvalue weighted by Gasteiger charge is 2.03. The van der Waals surface area contributed by atoms with Gasteiger partial charge in [0.2, 0.25) is 0 Å². The van der Waals surface area contributed by atoms with Gasteiger partial charge in [0, 0.05) is 17.3 Å². The molecule has 106 valence electrons. The van der Waals surface area contributed by atoms with Crippen LogP contribution in [0.5, 0.6) is 5.75 Å². The summed E-state index contributed by atoms with van der Waals surface area (Å²) in [6.07, 6.45) is 0. The first kappa shape index (κ1) is 15.2. The van der Waals surface area contributed by atoms with Gasteiger partial charge in [0.05, 0.1) is 10.0 Å². The maximum atomic E-state index is 13.0. The molecule has 20 heavy (non-hydrogen) atoms. The number of rotatable bonds is 5. The third-order valence-electron chi connectivity index (χ3n) is 2.50. The van der Waals surface area contributed by atoms with E-state index in [2.05, 4.69) is 5.32 Å². The van der Waals surface area contributed by atoms with Gasteiger partial charge in [0.15, 0.2) is 0 Å². The van der Waals surface area contributed by atoms with Crippen molar-refractivity contribution >= 4 is 40.5 Å². The summed E-state index contributed by atoms with van der Waals surface area (Å²) in [5, 5.41) is 4.17. The van der Waals surface area contributed by atoms with Gasteiger partial charge in [-0.05, 0) is 36.4 Å². The van der Waals surface area contributed by atoms with Gasteiger partial charge in [-0.25, -0.2) is 4.39 Å². The summed E-state index contributed by atoms with van der Waals surface area (Å²) < 4.78 is 18.5. The fourth-order valence-corrected chi connectivity index (χ4v) is 2.20. The van der Waals surface area contributed by atoms with E-state index >= 15 is 0 Å². The van der Waals surface area contributed by atoms with E-state index in [9.17, 15) is 4.39 Å². The van der Waals surface area contributed by atoms with Crippen molar-refractivity contribution in [2.45, 2.75) is 0 Å². The first-order chi connectivity index (χ1) is 9.56. The van der Waals surface area contributed by atoms with Gasteiger partial charge in [-0.1, -0.05) is 34.8 Å². The minimum Gasteiger partial charge on any atom is -0.490 e. The van der Waals surface area contributed by atoms with Crippen LogP contribution in [-0.4, -0.2) is 13.2 Å². The lowest BCUT2D eigenvalue weighted by molar-refractivity contribution is 0.333. The van der Waals surface area contributed by atoms with E-state index in [4.69, 9.17) is 39.5 Å². The number of anilines is 1. The molecule has 1 N–H and O–H groups in total. The lowest BCUT2D eigenvalue weighted by Gasteiger charge is -2.10. The molecule has 0 amide bonds. The van der Waals surface area contributed by atoms with E-state index in [1.807, 2.05) is 0 Å². The van der Waals surface area contributed by atoms with E-state index in [0.29, 0.717) is 28.9 Å². The predicted molar refractivity (Wildman–Crippen MR) is 81.9 cm³/mol. The quantitative estimate of drug-likeness (QED) is 0.751. The maximum absolute atomic E-state index is 13.0. The summed E-state index contributed by atoms with van der Waals surface area (Å²) in [6, 6.07) is 9.46. The fraction of sp³-hybridized carbons (Fsp3) is 0.143. The normalized spacial score (nSPS) is 10.4. The molecule has 0 bridgehead atoms. The molecule has 2 nitrogen and oxygen atoms in total. The summed E-state index contributed by atoms with van der Waals surface area (Å²) >= 11 is 17.4. The van der Waals surface area contributed by atoms with Gasteiger partial charge in [-0.2, -0.15) is 0 Å². The Bertz CT molecular complexity index is 607. The van der Waals surface area contributed by atoms with E-state index < -0.39 is 5.82 Å². The number of halogens is 4. The van der Waals surface area contributed by atoms with Crippen LogP contribution in [0.4, 0.5) is 10.1 Å². The molecule has 0 fully saturated rings. The summed E-state index contributed by atoms with van der Waals surface area (Å²) in [5.41, 5.74) is 0.724. The Morgan fingerprint density at radius 1 is 1.00 bits per heavy atom. The summed E-state index contributed by atoms with van der Waals surface area (Å²) in [5.74, 6) is 0.122.